The SMILES string of the molecule is NCC1CCCC1C(=O)Cc1cc(Br)cc2c1OCC2. The predicted octanol–water partition coefficient (Wildman–Crippen LogP) is 2.87. The fourth-order valence-electron chi connectivity index (χ4n) is 3.54. The van der Waals surface area contributed by atoms with Gasteiger partial charge in [-0.05, 0) is 43.0 Å². The molecular weight excluding hydrogens is 318 g/mol. The average Bonchev–Trinajstić information content (AvgIpc) is 3.06. The maximum atomic E-state index is 12.6. The van der Waals surface area contributed by atoms with E-state index in [-0.39, 0.29) is 5.92 Å². The molecule has 0 aromatic heterocycles. The summed E-state index contributed by atoms with van der Waals surface area (Å²) in [5.74, 6) is 1.79. The van der Waals surface area contributed by atoms with Crippen molar-refractivity contribution >= 4 is 21.7 Å². The summed E-state index contributed by atoms with van der Waals surface area (Å²) in [6.45, 7) is 1.35. The van der Waals surface area contributed by atoms with Crippen LogP contribution in [0.5, 0.6) is 5.75 Å². The van der Waals surface area contributed by atoms with Crippen LogP contribution in [0.1, 0.15) is 30.4 Å². The Morgan fingerprint density at radius 2 is 2.25 bits per heavy atom. The number of ether oxygens (including phenoxy) is 1. The Balaban J connectivity index is 1.80. The van der Waals surface area contributed by atoms with Gasteiger partial charge in [-0.25, -0.2) is 0 Å². The smallest absolute Gasteiger partial charge is 0.140 e. The summed E-state index contributed by atoms with van der Waals surface area (Å²) in [7, 11) is 0. The molecule has 3 nitrogen and oxygen atoms in total. The van der Waals surface area contributed by atoms with E-state index < -0.39 is 0 Å². The van der Waals surface area contributed by atoms with Gasteiger partial charge in [-0.15, -0.1) is 0 Å². The third-order valence-electron chi connectivity index (χ3n) is 4.57. The standard InChI is InChI=1S/C16H20BrNO2/c17-13-6-10-4-5-20-16(10)12(7-13)8-15(19)14-3-1-2-11(14)9-18/h6-7,11,14H,1-5,8-9,18H2. The van der Waals surface area contributed by atoms with Crippen molar-refractivity contribution in [2.75, 3.05) is 13.2 Å². The number of carbonyl (C=O) groups excluding carboxylic acids is 1. The molecule has 0 bridgehead atoms. The van der Waals surface area contributed by atoms with E-state index in [4.69, 9.17) is 10.5 Å². The van der Waals surface area contributed by atoms with Crippen LogP contribution < -0.4 is 10.5 Å². The summed E-state index contributed by atoms with van der Waals surface area (Å²) in [5.41, 5.74) is 8.02. The molecule has 4 heteroatoms. The molecule has 1 aromatic carbocycles. The molecule has 20 heavy (non-hydrogen) atoms. The van der Waals surface area contributed by atoms with E-state index in [1.165, 1.54) is 5.56 Å². The number of ketones is 1. The highest BCUT2D eigenvalue weighted by Crippen LogP contribution is 2.36. The first-order valence-electron chi connectivity index (χ1n) is 7.36. The van der Waals surface area contributed by atoms with Gasteiger partial charge in [0.25, 0.3) is 0 Å². The molecule has 1 aliphatic carbocycles. The number of Topliss-reactive ketones (excluding diaryl/α,β-unsaturated/α-hetero) is 1. The Kier molecular flexibility index (Phi) is 4.13. The zero-order valence-electron chi connectivity index (χ0n) is 11.5. The molecule has 1 heterocycles. The lowest BCUT2D eigenvalue weighted by Crippen LogP contribution is -2.26. The van der Waals surface area contributed by atoms with Gasteiger partial charge in [-0.3, -0.25) is 4.79 Å². The van der Waals surface area contributed by atoms with E-state index in [1.807, 2.05) is 6.07 Å². The molecule has 0 amide bonds. The van der Waals surface area contributed by atoms with Crippen LogP contribution in [0.25, 0.3) is 0 Å². The van der Waals surface area contributed by atoms with Crippen molar-refractivity contribution in [1.82, 2.24) is 0 Å². The van der Waals surface area contributed by atoms with Gasteiger partial charge in [0.2, 0.25) is 0 Å². The molecule has 1 saturated carbocycles. The van der Waals surface area contributed by atoms with Gasteiger partial charge < -0.3 is 10.5 Å². The largest absolute Gasteiger partial charge is 0.493 e. The van der Waals surface area contributed by atoms with Crippen LogP contribution in [0.2, 0.25) is 0 Å². The third kappa shape index (κ3) is 2.63. The van der Waals surface area contributed by atoms with E-state index in [0.717, 1.165) is 48.1 Å². The molecule has 2 aliphatic rings. The van der Waals surface area contributed by atoms with E-state index >= 15 is 0 Å². The van der Waals surface area contributed by atoms with Gasteiger partial charge >= 0.3 is 0 Å². The minimum Gasteiger partial charge on any atom is -0.493 e. The van der Waals surface area contributed by atoms with Crippen molar-refractivity contribution in [3.8, 4) is 5.75 Å². The lowest BCUT2D eigenvalue weighted by molar-refractivity contribution is -0.123. The number of nitrogens with two attached hydrogens (primary N) is 1. The molecule has 3 rings (SSSR count). The summed E-state index contributed by atoms with van der Waals surface area (Å²) in [4.78, 5) is 12.6. The third-order valence-corrected chi connectivity index (χ3v) is 5.02. The average molecular weight is 338 g/mol. The molecule has 108 valence electrons. The highest BCUT2D eigenvalue weighted by molar-refractivity contribution is 9.10. The van der Waals surface area contributed by atoms with Gasteiger partial charge in [0.05, 0.1) is 6.61 Å². The fraction of sp³-hybridized carbons (Fsp3) is 0.562. The fourth-order valence-corrected chi connectivity index (χ4v) is 4.09. The second-order valence-electron chi connectivity index (χ2n) is 5.83. The van der Waals surface area contributed by atoms with Crippen LogP contribution in [0, 0.1) is 11.8 Å². The number of rotatable bonds is 4. The van der Waals surface area contributed by atoms with Gasteiger partial charge in [-0.1, -0.05) is 22.4 Å². The van der Waals surface area contributed by atoms with E-state index in [2.05, 4.69) is 22.0 Å². The van der Waals surface area contributed by atoms with Crippen molar-refractivity contribution in [3.63, 3.8) is 0 Å². The molecule has 0 saturated heterocycles. The highest BCUT2D eigenvalue weighted by atomic mass is 79.9. The lowest BCUT2D eigenvalue weighted by Gasteiger charge is -2.17. The monoisotopic (exact) mass is 337 g/mol. The van der Waals surface area contributed by atoms with Crippen LogP contribution in [0.4, 0.5) is 0 Å². The van der Waals surface area contributed by atoms with Crippen LogP contribution in [-0.4, -0.2) is 18.9 Å². The van der Waals surface area contributed by atoms with Crippen LogP contribution in [0.15, 0.2) is 16.6 Å². The van der Waals surface area contributed by atoms with Crippen LogP contribution in [-0.2, 0) is 17.6 Å². The maximum Gasteiger partial charge on any atom is 0.140 e. The number of benzene rings is 1. The second-order valence-corrected chi connectivity index (χ2v) is 6.74. The van der Waals surface area contributed by atoms with E-state index in [1.54, 1.807) is 0 Å². The maximum absolute atomic E-state index is 12.6. The summed E-state index contributed by atoms with van der Waals surface area (Å²) >= 11 is 3.53. The molecule has 1 fully saturated rings. The second kappa shape index (κ2) is 5.86. The van der Waals surface area contributed by atoms with Gasteiger partial charge in [-0.2, -0.15) is 0 Å². The zero-order valence-corrected chi connectivity index (χ0v) is 13.1. The van der Waals surface area contributed by atoms with E-state index in [0.29, 0.717) is 24.7 Å². The first-order valence-corrected chi connectivity index (χ1v) is 8.15. The summed E-state index contributed by atoms with van der Waals surface area (Å²) in [6.07, 6.45) is 4.64. The number of carbonyl (C=O) groups is 1. The highest BCUT2D eigenvalue weighted by Gasteiger charge is 2.32. The Bertz CT molecular complexity index is 529. The predicted molar refractivity (Wildman–Crippen MR) is 81.9 cm³/mol. The van der Waals surface area contributed by atoms with Crippen molar-refractivity contribution < 1.29 is 9.53 Å². The van der Waals surface area contributed by atoms with Crippen molar-refractivity contribution in [2.45, 2.75) is 32.1 Å². The Morgan fingerprint density at radius 3 is 3.05 bits per heavy atom. The first-order chi connectivity index (χ1) is 9.69. The number of halogens is 1. The molecule has 2 atom stereocenters. The van der Waals surface area contributed by atoms with Crippen LogP contribution >= 0.6 is 15.9 Å². The quantitative estimate of drug-likeness (QED) is 0.918. The Morgan fingerprint density at radius 1 is 1.40 bits per heavy atom. The molecule has 0 spiro atoms. The molecule has 1 aromatic rings. The topological polar surface area (TPSA) is 52.3 Å². The van der Waals surface area contributed by atoms with Gasteiger partial charge in [0.1, 0.15) is 11.5 Å². The molecule has 2 N–H and O–H groups in total. The minimum atomic E-state index is 0.149. The van der Waals surface area contributed by atoms with Crippen molar-refractivity contribution in [2.24, 2.45) is 17.6 Å². The minimum absolute atomic E-state index is 0.149. The number of hydrogen-bond acceptors (Lipinski definition) is 3. The van der Waals surface area contributed by atoms with Gasteiger partial charge in [0.15, 0.2) is 0 Å². The Labute approximate surface area is 128 Å². The normalized spacial score (nSPS) is 24.5. The summed E-state index contributed by atoms with van der Waals surface area (Å²) < 4.78 is 6.74. The van der Waals surface area contributed by atoms with Gasteiger partial charge in [0, 0.05) is 28.8 Å². The number of hydrogen-bond donors (Lipinski definition) is 1. The molecule has 0 radical (unpaired) electrons. The molecule has 2 unspecified atom stereocenters. The molecule has 1 aliphatic heterocycles. The van der Waals surface area contributed by atoms with E-state index in [9.17, 15) is 4.79 Å². The van der Waals surface area contributed by atoms with Crippen molar-refractivity contribution in [1.29, 1.82) is 0 Å². The lowest BCUT2D eigenvalue weighted by atomic mass is 9.88. The number of fused-ring (bicyclic) bond motifs is 1. The first kappa shape index (κ1) is 14.1. The Hall–Kier alpha value is -0.870. The van der Waals surface area contributed by atoms with Crippen LogP contribution in [0.3, 0.4) is 0 Å². The molecular formula is C16H20BrNO2. The summed E-state index contributed by atoms with van der Waals surface area (Å²) in [6, 6.07) is 4.11. The summed E-state index contributed by atoms with van der Waals surface area (Å²) in [5, 5.41) is 0. The van der Waals surface area contributed by atoms with Crippen molar-refractivity contribution in [3.05, 3.63) is 27.7 Å². The zero-order chi connectivity index (χ0) is 14.1.